The Hall–Kier alpha value is -2.89. The lowest BCUT2D eigenvalue weighted by Crippen LogP contribution is -2.22. The zero-order chi connectivity index (χ0) is 14.8. The van der Waals surface area contributed by atoms with E-state index in [4.69, 9.17) is 5.11 Å². The summed E-state index contributed by atoms with van der Waals surface area (Å²) in [5, 5.41) is 13.0. The topological polar surface area (TPSA) is 76.6 Å². The zero-order valence-electron chi connectivity index (χ0n) is 11.1. The van der Waals surface area contributed by atoms with Crippen LogP contribution in [-0.4, -0.2) is 25.3 Å². The summed E-state index contributed by atoms with van der Waals surface area (Å²) in [4.78, 5) is 23.2. The van der Waals surface area contributed by atoms with Gasteiger partial charge in [-0.1, -0.05) is 24.3 Å². The molecule has 0 aliphatic rings. The van der Waals surface area contributed by atoms with E-state index in [1.54, 1.807) is 41.4 Å². The van der Waals surface area contributed by atoms with Crippen molar-refractivity contribution in [3.63, 3.8) is 0 Å². The molecule has 0 aliphatic carbocycles. The summed E-state index contributed by atoms with van der Waals surface area (Å²) in [7, 11) is 0. The Morgan fingerprint density at radius 2 is 1.90 bits per heavy atom. The number of carboxylic acids is 1. The quantitative estimate of drug-likeness (QED) is 0.779. The lowest BCUT2D eigenvalue weighted by atomic mass is 10.0. The van der Waals surface area contributed by atoms with Crippen LogP contribution >= 0.6 is 0 Å². The molecule has 0 radical (unpaired) electrons. The maximum Gasteiger partial charge on any atom is 0.307 e. The molecular weight excluding hydrogens is 270 g/mol. The SMILES string of the molecule is O=C(O)Cc1ccccc1Cn1ccn2nccc2c1=O. The molecule has 6 nitrogen and oxygen atoms in total. The summed E-state index contributed by atoms with van der Waals surface area (Å²) in [5.74, 6) is -0.888. The Morgan fingerprint density at radius 1 is 1.14 bits per heavy atom. The predicted molar refractivity (Wildman–Crippen MR) is 76.3 cm³/mol. The van der Waals surface area contributed by atoms with Crippen molar-refractivity contribution in [3.05, 3.63) is 70.4 Å². The van der Waals surface area contributed by atoms with Gasteiger partial charge in [-0.05, 0) is 17.2 Å². The highest BCUT2D eigenvalue weighted by Crippen LogP contribution is 2.11. The number of aromatic nitrogens is 3. The minimum absolute atomic E-state index is 0.0557. The van der Waals surface area contributed by atoms with Gasteiger partial charge in [0.15, 0.2) is 0 Å². The number of aliphatic carboxylic acids is 1. The molecule has 0 spiro atoms. The molecule has 2 heterocycles. The van der Waals surface area contributed by atoms with E-state index in [2.05, 4.69) is 5.10 Å². The van der Waals surface area contributed by atoms with E-state index in [1.807, 2.05) is 12.1 Å². The van der Waals surface area contributed by atoms with E-state index in [0.29, 0.717) is 17.6 Å². The van der Waals surface area contributed by atoms with Gasteiger partial charge in [0.05, 0.1) is 19.2 Å². The Balaban J connectivity index is 2.00. The van der Waals surface area contributed by atoms with E-state index in [0.717, 1.165) is 5.56 Å². The molecule has 21 heavy (non-hydrogen) atoms. The second-order valence-electron chi connectivity index (χ2n) is 4.73. The maximum atomic E-state index is 12.3. The third-order valence-corrected chi connectivity index (χ3v) is 3.34. The molecule has 2 aromatic heterocycles. The second-order valence-corrected chi connectivity index (χ2v) is 4.73. The molecule has 0 atom stereocenters. The van der Waals surface area contributed by atoms with Crippen molar-refractivity contribution in [2.75, 3.05) is 0 Å². The Labute approximate surface area is 119 Å². The Bertz CT molecular complexity index is 864. The van der Waals surface area contributed by atoms with Crippen LogP contribution in [0.15, 0.2) is 53.7 Å². The average molecular weight is 283 g/mol. The largest absolute Gasteiger partial charge is 0.481 e. The zero-order valence-corrected chi connectivity index (χ0v) is 11.1. The van der Waals surface area contributed by atoms with E-state index in [9.17, 15) is 9.59 Å². The van der Waals surface area contributed by atoms with Crippen molar-refractivity contribution in [1.82, 2.24) is 14.2 Å². The fourth-order valence-corrected chi connectivity index (χ4v) is 2.32. The highest BCUT2D eigenvalue weighted by molar-refractivity contribution is 5.70. The predicted octanol–water partition coefficient (Wildman–Crippen LogP) is 1.17. The monoisotopic (exact) mass is 283 g/mol. The van der Waals surface area contributed by atoms with Gasteiger partial charge in [-0.3, -0.25) is 9.59 Å². The fourth-order valence-electron chi connectivity index (χ4n) is 2.32. The molecule has 1 N–H and O–H groups in total. The first-order valence-corrected chi connectivity index (χ1v) is 6.46. The highest BCUT2D eigenvalue weighted by Gasteiger charge is 2.09. The van der Waals surface area contributed by atoms with Crippen LogP contribution in [0.2, 0.25) is 0 Å². The van der Waals surface area contributed by atoms with Gasteiger partial charge in [0.1, 0.15) is 5.52 Å². The molecule has 0 aliphatic heterocycles. The number of hydrogen-bond acceptors (Lipinski definition) is 3. The Morgan fingerprint density at radius 3 is 2.67 bits per heavy atom. The van der Waals surface area contributed by atoms with Crippen molar-refractivity contribution >= 4 is 11.5 Å². The van der Waals surface area contributed by atoms with Crippen molar-refractivity contribution in [1.29, 1.82) is 0 Å². The number of nitrogens with zero attached hydrogens (tertiary/aromatic N) is 3. The van der Waals surface area contributed by atoms with Crippen LogP contribution < -0.4 is 5.56 Å². The number of carbonyl (C=O) groups is 1. The normalized spacial score (nSPS) is 10.9. The summed E-state index contributed by atoms with van der Waals surface area (Å²) >= 11 is 0. The van der Waals surface area contributed by atoms with Gasteiger partial charge < -0.3 is 9.67 Å². The van der Waals surface area contributed by atoms with E-state index in [-0.39, 0.29) is 12.0 Å². The smallest absolute Gasteiger partial charge is 0.307 e. The van der Waals surface area contributed by atoms with Gasteiger partial charge >= 0.3 is 5.97 Å². The van der Waals surface area contributed by atoms with Gasteiger partial charge in [0, 0.05) is 12.4 Å². The number of carboxylic acid groups (broad SMARTS) is 1. The maximum absolute atomic E-state index is 12.3. The van der Waals surface area contributed by atoms with Crippen molar-refractivity contribution < 1.29 is 9.90 Å². The first kappa shape index (κ1) is 13.1. The fraction of sp³-hybridized carbons (Fsp3) is 0.133. The van der Waals surface area contributed by atoms with E-state index >= 15 is 0 Å². The third-order valence-electron chi connectivity index (χ3n) is 3.34. The first-order chi connectivity index (χ1) is 10.1. The van der Waals surface area contributed by atoms with Crippen LogP contribution in [0, 0.1) is 0 Å². The van der Waals surface area contributed by atoms with Gasteiger partial charge in [0.25, 0.3) is 5.56 Å². The van der Waals surface area contributed by atoms with Crippen molar-refractivity contribution in [2.24, 2.45) is 0 Å². The first-order valence-electron chi connectivity index (χ1n) is 6.46. The van der Waals surface area contributed by atoms with Crippen LogP contribution in [0.4, 0.5) is 0 Å². The number of benzene rings is 1. The van der Waals surface area contributed by atoms with Crippen molar-refractivity contribution in [3.8, 4) is 0 Å². The van der Waals surface area contributed by atoms with Crippen molar-refractivity contribution in [2.45, 2.75) is 13.0 Å². The van der Waals surface area contributed by atoms with Crippen LogP contribution in [0.25, 0.3) is 5.52 Å². The molecule has 1 aromatic carbocycles. The minimum Gasteiger partial charge on any atom is -0.481 e. The van der Waals surface area contributed by atoms with Gasteiger partial charge in [-0.2, -0.15) is 5.10 Å². The van der Waals surface area contributed by atoms with Crippen LogP contribution in [0.5, 0.6) is 0 Å². The number of fused-ring (bicyclic) bond motifs is 1. The van der Waals surface area contributed by atoms with Gasteiger partial charge in [0.2, 0.25) is 0 Å². The molecule has 3 rings (SSSR count). The van der Waals surface area contributed by atoms with Crippen LogP contribution in [-0.2, 0) is 17.8 Å². The molecule has 0 fully saturated rings. The van der Waals surface area contributed by atoms with Crippen LogP contribution in [0.3, 0.4) is 0 Å². The average Bonchev–Trinajstić information content (AvgIpc) is 2.92. The molecule has 0 saturated heterocycles. The highest BCUT2D eigenvalue weighted by atomic mass is 16.4. The van der Waals surface area contributed by atoms with E-state index < -0.39 is 5.97 Å². The van der Waals surface area contributed by atoms with Gasteiger partial charge in [-0.15, -0.1) is 0 Å². The summed E-state index contributed by atoms with van der Waals surface area (Å²) in [6, 6.07) is 8.90. The standard InChI is InChI=1S/C15H13N3O3/c19-14(20)9-11-3-1-2-4-12(11)10-17-7-8-18-13(15(17)21)5-6-16-18/h1-8H,9-10H2,(H,19,20). The minimum atomic E-state index is -0.888. The van der Waals surface area contributed by atoms with Gasteiger partial charge in [-0.25, -0.2) is 4.52 Å². The molecule has 6 heteroatoms. The molecule has 3 aromatic rings. The molecular formula is C15H13N3O3. The molecule has 0 amide bonds. The molecule has 106 valence electrons. The summed E-state index contributed by atoms with van der Waals surface area (Å²) in [6.45, 7) is 0.337. The third kappa shape index (κ3) is 2.55. The lowest BCUT2D eigenvalue weighted by Gasteiger charge is -2.10. The lowest BCUT2D eigenvalue weighted by molar-refractivity contribution is -0.136. The second kappa shape index (κ2) is 5.24. The Kier molecular flexibility index (Phi) is 3.27. The molecule has 0 unspecified atom stereocenters. The van der Waals surface area contributed by atoms with E-state index in [1.165, 1.54) is 4.52 Å². The summed E-state index contributed by atoms with van der Waals surface area (Å²) < 4.78 is 3.07. The molecule has 0 bridgehead atoms. The number of hydrogen-bond donors (Lipinski definition) is 1. The molecule has 0 saturated carbocycles. The summed E-state index contributed by atoms with van der Waals surface area (Å²) in [5.41, 5.74) is 1.88. The van der Waals surface area contributed by atoms with Crippen LogP contribution in [0.1, 0.15) is 11.1 Å². The summed E-state index contributed by atoms with van der Waals surface area (Å²) in [6.07, 6.45) is 4.87. The number of rotatable bonds is 4.